The molecule has 0 amide bonds. The molecule has 3 atom stereocenters. The van der Waals surface area contributed by atoms with E-state index in [1.165, 1.54) is 0 Å². The van der Waals surface area contributed by atoms with Crippen LogP contribution in [-0.2, 0) is 28.6 Å². The molecule has 3 unspecified atom stereocenters. The first kappa shape index (κ1) is 24.4. The highest BCUT2D eigenvalue weighted by Gasteiger charge is 2.43. The lowest BCUT2D eigenvalue weighted by Gasteiger charge is -2.32. The van der Waals surface area contributed by atoms with E-state index in [1.54, 1.807) is 0 Å². The summed E-state index contributed by atoms with van der Waals surface area (Å²) in [7, 11) is 0. The van der Waals surface area contributed by atoms with E-state index in [2.05, 4.69) is 6.92 Å². The van der Waals surface area contributed by atoms with Crippen molar-refractivity contribution in [3.8, 4) is 0 Å². The van der Waals surface area contributed by atoms with Crippen LogP contribution in [0.3, 0.4) is 0 Å². The van der Waals surface area contributed by atoms with E-state index in [4.69, 9.17) is 14.2 Å². The standard InChI is InChI=1S/C22H38O6/c1-4-7-10-15-26-20(23)17-11-12-18(21(24)27-13-8-5-2)19(16-17)22(25)28-14-9-6-3/h17-19H,4-16H2,1-3H3. The molecule has 0 heterocycles. The molecule has 1 saturated carbocycles. The number of carbonyl (C=O) groups excluding carboxylic acids is 3. The van der Waals surface area contributed by atoms with Crippen molar-refractivity contribution in [3.05, 3.63) is 0 Å². The second-order valence-corrected chi connectivity index (χ2v) is 7.64. The molecule has 0 aliphatic heterocycles. The van der Waals surface area contributed by atoms with Gasteiger partial charge < -0.3 is 14.2 Å². The average Bonchev–Trinajstić information content (AvgIpc) is 2.70. The van der Waals surface area contributed by atoms with Crippen LogP contribution in [0, 0.1) is 17.8 Å². The number of carbonyl (C=O) groups is 3. The fraction of sp³-hybridized carbons (Fsp3) is 0.864. The van der Waals surface area contributed by atoms with Gasteiger partial charge in [0, 0.05) is 0 Å². The van der Waals surface area contributed by atoms with Crippen LogP contribution >= 0.6 is 0 Å². The zero-order chi connectivity index (χ0) is 20.8. The van der Waals surface area contributed by atoms with E-state index in [9.17, 15) is 14.4 Å². The smallest absolute Gasteiger partial charge is 0.309 e. The molecule has 0 aromatic heterocycles. The highest BCUT2D eigenvalue weighted by atomic mass is 16.5. The maximum absolute atomic E-state index is 12.6. The molecular formula is C22H38O6. The number of ether oxygens (including phenoxy) is 3. The number of esters is 3. The van der Waals surface area contributed by atoms with E-state index in [-0.39, 0.29) is 17.9 Å². The Morgan fingerprint density at radius 1 is 0.643 bits per heavy atom. The summed E-state index contributed by atoms with van der Waals surface area (Å²) in [4.78, 5) is 37.5. The molecule has 6 nitrogen and oxygen atoms in total. The summed E-state index contributed by atoms with van der Waals surface area (Å²) >= 11 is 0. The summed E-state index contributed by atoms with van der Waals surface area (Å²) in [5, 5.41) is 0. The Labute approximate surface area is 169 Å². The molecule has 0 aromatic rings. The minimum Gasteiger partial charge on any atom is -0.465 e. The molecule has 162 valence electrons. The van der Waals surface area contributed by atoms with Gasteiger partial charge in [-0.25, -0.2) is 0 Å². The Morgan fingerprint density at radius 3 is 1.71 bits per heavy atom. The van der Waals surface area contributed by atoms with Gasteiger partial charge in [0.15, 0.2) is 0 Å². The molecule has 0 saturated heterocycles. The van der Waals surface area contributed by atoms with Crippen LogP contribution in [0.1, 0.15) is 85.0 Å². The summed E-state index contributed by atoms with van der Waals surface area (Å²) in [5.41, 5.74) is 0. The zero-order valence-corrected chi connectivity index (χ0v) is 17.9. The van der Waals surface area contributed by atoms with Gasteiger partial charge in [0.25, 0.3) is 0 Å². The third-order valence-corrected chi connectivity index (χ3v) is 5.27. The molecule has 6 heteroatoms. The lowest BCUT2D eigenvalue weighted by Crippen LogP contribution is -2.40. The Hall–Kier alpha value is -1.59. The molecule has 0 aromatic carbocycles. The fourth-order valence-electron chi connectivity index (χ4n) is 3.42. The Morgan fingerprint density at radius 2 is 1.14 bits per heavy atom. The molecule has 0 radical (unpaired) electrons. The third kappa shape index (κ3) is 8.61. The molecule has 1 rings (SSSR count). The van der Waals surface area contributed by atoms with Crippen LogP contribution in [0.15, 0.2) is 0 Å². The summed E-state index contributed by atoms with van der Waals surface area (Å²) in [5.74, 6) is -2.52. The minimum absolute atomic E-state index is 0.264. The molecule has 0 bridgehead atoms. The second-order valence-electron chi connectivity index (χ2n) is 7.64. The first-order chi connectivity index (χ1) is 13.5. The van der Waals surface area contributed by atoms with Crippen LogP contribution in [-0.4, -0.2) is 37.7 Å². The molecule has 0 spiro atoms. The maximum atomic E-state index is 12.6. The number of hydrogen-bond donors (Lipinski definition) is 0. The quantitative estimate of drug-likeness (QED) is 0.259. The van der Waals surface area contributed by atoms with Crippen LogP contribution in [0.2, 0.25) is 0 Å². The van der Waals surface area contributed by atoms with E-state index in [0.717, 1.165) is 44.9 Å². The largest absolute Gasteiger partial charge is 0.465 e. The molecule has 1 fully saturated rings. The van der Waals surface area contributed by atoms with E-state index in [0.29, 0.717) is 39.1 Å². The van der Waals surface area contributed by atoms with Crippen molar-refractivity contribution >= 4 is 17.9 Å². The summed E-state index contributed by atoms with van der Waals surface area (Å²) in [6.07, 6.45) is 7.68. The Kier molecular flexibility index (Phi) is 12.6. The van der Waals surface area contributed by atoms with Gasteiger partial charge >= 0.3 is 17.9 Å². The number of unbranched alkanes of at least 4 members (excludes halogenated alkanes) is 4. The Balaban J connectivity index is 2.68. The minimum atomic E-state index is -0.632. The van der Waals surface area contributed by atoms with Crippen molar-refractivity contribution in [1.29, 1.82) is 0 Å². The SMILES string of the molecule is CCCCCOC(=O)C1CCC(C(=O)OCCCC)C(C(=O)OCCCC)C1. The Bertz CT molecular complexity index is 476. The summed E-state index contributed by atoms with van der Waals surface area (Å²) in [6, 6.07) is 0. The maximum Gasteiger partial charge on any atom is 0.309 e. The first-order valence-electron chi connectivity index (χ1n) is 11.0. The first-order valence-corrected chi connectivity index (χ1v) is 11.0. The molecule has 0 N–H and O–H groups in total. The van der Waals surface area contributed by atoms with Crippen LogP contribution < -0.4 is 0 Å². The van der Waals surface area contributed by atoms with Gasteiger partial charge in [0.1, 0.15) is 0 Å². The van der Waals surface area contributed by atoms with E-state index in [1.807, 2.05) is 13.8 Å². The zero-order valence-electron chi connectivity index (χ0n) is 17.9. The van der Waals surface area contributed by atoms with Gasteiger partial charge in [-0.1, -0.05) is 46.5 Å². The van der Waals surface area contributed by atoms with Crippen molar-refractivity contribution in [2.75, 3.05) is 19.8 Å². The van der Waals surface area contributed by atoms with Crippen molar-refractivity contribution in [2.45, 2.75) is 85.0 Å². The average molecular weight is 399 g/mol. The fourth-order valence-corrected chi connectivity index (χ4v) is 3.42. The third-order valence-electron chi connectivity index (χ3n) is 5.27. The van der Waals surface area contributed by atoms with E-state index >= 15 is 0 Å². The topological polar surface area (TPSA) is 78.9 Å². The van der Waals surface area contributed by atoms with Gasteiger partial charge in [-0.05, 0) is 38.5 Å². The summed E-state index contributed by atoms with van der Waals surface area (Å²) < 4.78 is 16.1. The number of rotatable bonds is 13. The molecule has 1 aliphatic carbocycles. The van der Waals surface area contributed by atoms with Gasteiger partial charge in [0.05, 0.1) is 37.6 Å². The van der Waals surface area contributed by atoms with Gasteiger partial charge in [-0.15, -0.1) is 0 Å². The van der Waals surface area contributed by atoms with Crippen LogP contribution in [0.5, 0.6) is 0 Å². The highest BCUT2D eigenvalue weighted by Crippen LogP contribution is 2.36. The normalized spacial score (nSPS) is 21.8. The van der Waals surface area contributed by atoms with Gasteiger partial charge in [-0.3, -0.25) is 14.4 Å². The summed E-state index contributed by atoms with van der Waals surface area (Å²) in [6.45, 7) is 7.27. The lowest BCUT2D eigenvalue weighted by molar-refractivity contribution is -0.167. The van der Waals surface area contributed by atoms with Gasteiger partial charge in [0.2, 0.25) is 0 Å². The van der Waals surface area contributed by atoms with E-state index < -0.39 is 17.8 Å². The van der Waals surface area contributed by atoms with Crippen molar-refractivity contribution in [2.24, 2.45) is 17.8 Å². The molecular weight excluding hydrogens is 360 g/mol. The van der Waals surface area contributed by atoms with Crippen molar-refractivity contribution in [1.82, 2.24) is 0 Å². The predicted octanol–water partition coefficient (Wildman–Crippen LogP) is 4.44. The predicted molar refractivity (Wildman–Crippen MR) is 107 cm³/mol. The second kappa shape index (κ2) is 14.4. The van der Waals surface area contributed by atoms with Crippen LogP contribution in [0.25, 0.3) is 0 Å². The molecule has 28 heavy (non-hydrogen) atoms. The monoisotopic (exact) mass is 398 g/mol. The molecule has 1 aliphatic rings. The van der Waals surface area contributed by atoms with Crippen molar-refractivity contribution in [3.63, 3.8) is 0 Å². The lowest BCUT2D eigenvalue weighted by atomic mass is 9.74. The number of hydrogen-bond acceptors (Lipinski definition) is 6. The highest BCUT2D eigenvalue weighted by molar-refractivity contribution is 5.83. The van der Waals surface area contributed by atoms with Crippen LogP contribution in [0.4, 0.5) is 0 Å². The van der Waals surface area contributed by atoms with Crippen molar-refractivity contribution < 1.29 is 28.6 Å². The van der Waals surface area contributed by atoms with Gasteiger partial charge in [-0.2, -0.15) is 0 Å².